The Hall–Kier alpha value is -1.69. The van der Waals surface area contributed by atoms with Crippen LogP contribution in [-0.4, -0.2) is 13.1 Å². The topological polar surface area (TPSA) is 53.0 Å². The molecule has 96 valence electrons. The van der Waals surface area contributed by atoms with Crippen molar-refractivity contribution in [3.8, 4) is 6.07 Å². The Labute approximate surface area is 109 Å². The molecule has 0 bridgehead atoms. The van der Waals surface area contributed by atoms with Gasteiger partial charge >= 0.3 is 0 Å². The van der Waals surface area contributed by atoms with Crippen LogP contribution in [0.4, 0.5) is 11.4 Å². The lowest BCUT2D eigenvalue weighted by molar-refractivity contribution is 0.459. The first-order valence-corrected chi connectivity index (χ1v) is 6.79. The predicted molar refractivity (Wildman–Crippen MR) is 75.4 cm³/mol. The lowest BCUT2D eigenvalue weighted by Gasteiger charge is -2.24. The van der Waals surface area contributed by atoms with Crippen LogP contribution in [0.3, 0.4) is 0 Å². The van der Waals surface area contributed by atoms with Gasteiger partial charge in [-0.1, -0.05) is 13.3 Å². The molecule has 0 amide bonds. The van der Waals surface area contributed by atoms with Crippen LogP contribution in [0.5, 0.6) is 0 Å². The van der Waals surface area contributed by atoms with Gasteiger partial charge in [0, 0.05) is 18.8 Å². The number of hydrogen-bond donors (Lipinski definition) is 1. The maximum Gasteiger partial charge on any atom is 0.101 e. The molecule has 1 fully saturated rings. The molecule has 0 aliphatic carbocycles. The summed E-state index contributed by atoms with van der Waals surface area (Å²) in [5, 5.41) is 9.21. The summed E-state index contributed by atoms with van der Waals surface area (Å²) in [7, 11) is 0. The average molecular weight is 243 g/mol. The van der Waals surface area contributed by atoms with E-state index in [4.69, 9.17) is 5.73 Å². The minimum absolute atomic E-state index is 0.663. The summed E-state index contributed by atoms with van der Waals surface area (Å²) in [6.45, 7) is 4.37. The summed E-state index contributed by atoms with van der Waals surface area (Å²) in [4.78, 5) is 2.34. The summed E-state index contributed by atoms with van der Waals surface area (Å²) in [5.41, 5.74) is 8.14. The number of nitrogens with zero attached hydrogens (tertiary/aromatic N) is 2. The first-order valence-electron chi connectivity index (χ1n) is 6.79. The van der Waals surface area contributed by atoms with Gasteiger partial charge in [0.25, 0.3) is 0 Å². The molecule has 18 heavy (non-hydrogen) atoms. The van der Waals surface area contributed by atoms with Crippen LogP contribution in [0.1, 0.15) is 38.2 Å². The molecule has 1 aromatic carbocycles. The molecule has 1 atom stereocenters. The van der Waals surface area contributed by atoms with Gasteiger partial charge in [0.2, 0.25) is 0 Å². The van der Waals surface area contributed by atoms with Crippen LogP contribution in [-0.2, 0) is 0 Å². The molecule has 0 radical (unpaired) electrons. The van der Waals surface area contributed by atoms with E-state index in [9.17, 15) is 5.26 Å². The molecule has 2 N–H and O–H groups in total. The van der Waals surface area contributed by atoms with Gasteiger partial charge in [-0.15, -0.1) is 0 Å². The Balaban J connectivity index is 2.19. The van der Waals surface area contributed by atoms with Crippen molar-refractivity contribution < 1.29 is 0 Å². The van der Waals surface area contributed by atoms with E-state index in [1.165, 1.54) is 25.7 Å². The molecule has 0 spiro atoms. The second-order valence-corrected chi connectivity index (χ2v) is 5.08. The van der Waals surface area contributed by atoms with E-state index in [0.29, 0.717) is 11.3 Å². The summed E-state index contributed by atoms with van der Waals surface area (Å²) in [6, 6.07) is 7.91. The number of hydrogen-bond acceptors (Lipinski definition) is 3. The highest BCUT2D eigenvalue weighted by Crippen LogP contribution is 2.27. The monoisotopic (exact) mass is 243 g/mol. The fourth-order valence-electron chi connectivity index (χ4n) is 2.73. The van der Waals surface area contributed by atoms with Gasteiger partial charge in [-0.2, -0.15) is 5.26 Å². The van der Waals surface area contributed by atoms with Crippen LogP contribution in [0.2, 0.25) is 0 Å². The van der Waals surface area contributed by atoms with Crippen molar-refractivity contribution in [1.29, 1.82) is 5.26 Å². The third-order valence-corrected chi connectivity index (χ3v) is 3.91. The van der Waals surface area contributed by atoms with Gasteiger partial charge in [-0.3, -0.25) is 0 Å². The van der Waals surface area contributed by atoms with Crippen molar-refractivity contribution in [2.45, 2.75) is 32.6 Å². The highest BCUT2D eigenvalue weighted by atomic mass is 15.1. The van der Waals surface area contributed by atoms with Crippen molar-refractivity contribution >= 4 is 11.4 Å². The van der Waals surface area contributed by atoms with E-state index in [1.54, 1.807) is 6.07 Å². The van der Waals surface area contributed by atoms with Crippen molar-refractivity contribution in [1.82, 2.24) is 0 Å². The van der Waals surface area contributed by atoms with E-state index in [-0.39, 0.29) is 0 Å². The molecule has 1 aromatic rings. The molecule has 0 saturated carbocycles. The maximum absolute atomic E-state index is 9.21. The second kappa shape index (κ2) is 5.77. The molecule has 1 saturated heterocycles. The molecular weight excluding hydrogens is 222 g/mol. The highest BCUT2D eigenvalue weighted by molar-refractivity contribution is 5.64. The average Bonchev–Trinajstić information content (AvgIpc) is 2.63. The first kappa shape index (κ1) is 12.8. The van der Waals surface area contributed by atoms with E-state index in [1.807, 2.05) is 12.1 Å². The van der Waals surface area contributed by atoms with Crippen LogP contribution >= 0.6 is 0 Å². The molecule has 0 aromatic heterocycles. The van der Waals surface area contributed by atoms with Crippen molar-refractivity contribution in [2.24, 2.45) is 5.92 Å². The normalized spacial score (nSPS) is 20.2. The fraction of sp³-hybridized carbons (Fsp3) is 0.533. The van der Waals surface area contributed by atoms with Crippen LogP contribution in [0, 0.1) is 17.2 Å². The summed E-state index contributed by atoms with van der Waals surface area (Å²) < 4.78 is 0. The van der Waals surface area contributed by atoms with E-state index < -0.39 is 0 Å². The Morgan fingerprint density at radius 3 is 2.94 bits per heavy atom. The summed E-state index contributed by atoms with van der Waals surface area (Å²) >= 11 is 0. The smallest absolute Gasteiger partial charge is 0.101 e. The predicted octanol–water partition coefficient (Wildman–Crippen LogP) is 3.16. The molecule has 1 aliphatic heterocycles. The third kappa shape index (κ3) is 2.76. The molecular formula is C15H21N3. The number of nitriles is 1. The Morgan fingerprint density at radius 1 is 1.39 bits per heavy atom. The van der Waals surface area contributed by atoms with Gasteiger partial charge < -0.3 is 10.6 Å². The first-order chi connectivity index (χ1) is 8.74. The van der Waals surface area contributed by atoms with Crippen LogP contribution in [0.15, 0.2) is 18.2 Å². The fourth-order valence-corrected chi connectivity index (χ4v) is 2.73. The minimum Gasteiger partial charge on any atom is -0.399 e. The zero-order valence-electron chi connectivity index (χ0n) is 11.0. The molecule has 1 unspecified atom stereocenters. The minimum atomic E-state index is 0.663. The maximum atomic E-state index is 9.21. The molecule has 1 aliphatic rings. The SMILES string of the molecule is CCC1CCCN(c2ccc(N)cc2C#N)CC1. The van der Waals surface area contributed by atoms with Crippen molar-refractivity contribution in [3.63, 3.8) is 0 Å². The molecule has 3 nitrogen and oxygen atoms in total. The number of anilines is 2. The standard InChI is InChI=1S/C15H21N3/c1-2-12-4-3-8-18(9-7-12)15-6-5-14(17)10-13(15)11-16/h5-6,10,12H,2-4,7-9,17H2,1H3. The third-order valence-electron chi connectivity index (χ3n) is 3.91. The number of benzene rings is 1. The zero-order valence-corrected chi connectivity index (χ0v) is 11.0. The Bertz CT molecular complexity index is 448. The van der Waals surface area contributed by atoms with Gasteiger partial charge in [0.15, 0.2) is 0 Å². The largest absolute Gasteiger partial charge is 0.399 e. The second-order valence-electron chi connectivity index (χ2n) is 5.08. The Kier molecular flexibility index (Phi) is 4.09. The molecule has 1 heterocycles. The van der Waals surface area contributed by atoms with Crippen molar-refractivity contribution in [2.75, 3.05) is 23.7 Å². The van der Waals surface area contributed by atoms with Crippen LogP contribution in [0.25, 0.3) is 0 Å². The molecule has 3 heteroatoms. The van der Waals surface area contributed by atoms with Gasteiger partial charge in [-0.05, 0) is 43.4 Å². The highest BCUT2D eigenvalue weighted by Gasteiger charge is 2.18. The lowest BCUT2D eigenvalue weighted by Crippen LogP contribution is -2.25. The van der Waals surface area contributed by atoms with Gasteiger partial charge in [-0.25, -0.2) is 0 Å². The summed E-state index contributed by atoms with van der Waals surface area (Å²) in [5.74, 6) is 0.842. The number of nitrogen functional groups attached to an aromatic ring is 1. The number of nitrogens with two attached hydrogens (primary N) is 1. The summed E-state index contributed by atoms with van der Waals surface area (Å²) in [6.07, 6.45) is 5.02. The van der Waals surface area contributed by atoms with Gasteiger partial charge in [0.1, 0.15) is 6.07 Å². The van der Waals surface area contributed by atoms with Crippen molar-refractivity contribution in [3.05, 3.63) is 23.8 Å². The van der Waals surface area contributed by atoms with E-state index in [2.05, 4.69) is 17.9 Å². The Morgan fingerprint density at radius 2 is 2.22 bits per heavy atom. The quantitative estimate of drug-likeness (QED) is 0.812. The van der Waals surface area contributed by atoms with E-state index >= 15 is 0 Å². The van der Waals surface area contributed by atoms with Gasteiger partial charge in [0.05, 0.1) is 11.3 Å². The number of rotatable bonds is 2. The zero-order chi connectivity index (χ0) is 13.0. The van der Waals surface area contributed by atoms with Crippen LogP contribution < -0.4 is 10.6 Å². The lowest BCUT2D eigenvalue weighted by atomic mass is 9.98. The van der Waals surface area contributed by atoms with E-state index in [0.717, 1.165) is 24.7 Å². The molecule has 2 rings (SSSR count).